The van der Waals surface area contributed by atoms with E-state index in [9.17, 15) is 9.18 Å². The van der Waals surface area contributed by atoms with Crippen LogP contribution in [-0.4, -0.2) is 43.0 Å². The monoisotopic (exact) mass is 321 g/mol. The summed E-state index contributed by atoms with van der Waals surface area (Å²) in [6.07, 6.45) is 3.07. The molecular formula is C16H20FN3OS. The predicted octanol–water partition coefficient (Wildman–Crippen LogP) is 3.13. The number of benzene rings is 1. The lowest BCUT2D eigenvalue weighted by molar-refractivity contribution is -0.124. The number of hydrogen-bond acceptors (Lipinski definition) is 4. The average Bonchev–Trinajstić information content (AvgIpc) is 2.79. The van der Waals surface area contributed by atoms with E-state index in [-0.39, 0.29) is 17.6 Å². The zero-order valence-corrected chi connectivity index (χ0v) is 13.7. The molecule has 118 valence electrons. The van der Waals surface area contributed by atoms with Crippen molar-refractivity contribution in [3.05, 3.63) is 24.0 Å². The quantitative estimate of drug-likeness (QED) is 0.849. The molecule has 3 rings (SSSR count). The van der Waals surface area contributed by atoms with Crippen LogP contribution in [-0.2, 0) is 4.79 Å². The summed E-state index contributed by atoms with van der Waals surface area (Å²) in [6, 6.07) is 4.56. The van der Waals surface area contributed by atoms with Crippen LogP contribution in [0.1, 0.15) is 19.3 Å². The summed E-state index contributed by atoms with van der Waals surface area (Å²) < 4.78 is 14.1. The van der Waals surface area contributed by atoms with Crippen molar-refractivity contribution in [2.45, 2.75) is 19.3 Å². The molecule has 22 heavy (non-hydrogen) atoms. The number of halogens is 1. The Morgan fingerprint density at radius 1 is 1.36 bits per heavy atom. The zero-order chi connectivity index (χ0) is 15.7. The van der Waals surface area contributed by atoms with Crippen molar-refractivity contribution < 1.29 is 9.18 Å². The average molecular weight is 321 g/mol. The first kappa shape index (κ1) is 15.4. The number of carbonyl (C=O) groups is 1. The van der Waals surface area contributed by atoms with Gasteiger partial charge in [0.15, 0.2) is 5.13 Å². The summed E-state index contributed by atoms with van der Waals surface area (Å²) in [5.41, 5.74) is 0.748. The summed E-state index contributed by atoms with van der Waals surface area (Å²) in [5, 5.41) is 0.680. The van der Waals surface area contributed by atoms with E-state index in [1.54, 1.807) is 11.0 Å². The van der Waals surface area contributed by atoms with Gasteiger partial charge < -0.3 is 4.90 Å². The molecule has 0 unspecified atom stereocenters. The highest BCUT2D eigenvalue weighted by Crippen LogP contribution is 2.34. The SMILES string of the molecule is CN(C)CCN(C(=O)C1CCC1)c1nc2ccc(F)cc2s1. The molecule has 0 spiro atoms. The van der Waals surface area contributed by atoms with E-state index in [1.807, 2.05) is 19.0 Å². The first-order valence-corrected chi connectivity index (χ1v) is 8.38. The number of thiazole rings is 1. The highest BCUT2D eigenvalue weighted by Gasteiger charge is 2.31. The summed E-state index contributed by atoms with van der Waals surface area (Å²) in [4.78, 5) is 21.0. The summed E-state index contributed by atoms with van der Waals surface area (Å²) in [7, 11) is 3.97. The molecule has 1 amide bonds. The van der Waals surface area contributed by atoms with Crippen molar-refractivity contribution >= 4 is 32.6 Å². The summed E-state index contributed by atoms with van der Waals surface area (Å²) >= 11 is 1.39. The molecular weight excluding hydrogens is 301 g/mol. The van der Waals surface area contributed by atoms with Crippen molar-refractivity contribution in [2.75, 3.05) is 32.1 Å². The van der Waals surface area contributed by atoms with Crippen LogP contribution in [0.5, 0.6) is 0 Å². The lowest BCUT2D eigenvalue weighted by Crippen LogP contribution is -2.42. The van der Waals surface area contributed by atoms with Crippen LogP contribution in [0.4, 0.5) is 9.52 Å². The van der Waals surface area contributed by atoms with Crippen LogP contribution in [0.3, 0.4) is 0 Å². The van der Waals surface area contributed by atoms with Crippen molar-refractivity contribution in [3.8, 4) is 0 Å². The fourth-order valence-corrected chi connectivity index (χ4v) is 3.50. The van der Waals surface area contributed by atoms with Gasteiger partial charge >= 0.3 is 0 Å². The molecule has 0 atom stereocenters. The molecule has 0 N–H and O–H groups in total. The number of fused-ring (bicyclic) bond motifs is 1. The van der Waals surface area contributed by atoms with E-state index < -0.39 is 0 Å². The second kappa shape index (κ2) is 6.30. The highest BCUT2D eigenvalue weighted by atomic mass is 32.1. The Morgan fingerprint density at radius 3 is 2.77 bits per heavy atom. The van der Waals surface area contributed by atoms with Crippen molar-refractivity contribution in [1.29, 1.82) is 0 Å². The lowest BCUT2D eigenvalue weighted by Gasteiger charge is -2.30. The topological polar surface area (TPSA) is 36.4 Å². The van der Waals surface area contributed by atoms with Crippen LogP contribution < -0.4 is 4.90 Å². The predicted molar refractivity (Wildman–Crippen MR) is 87.8 cm³/mol. The normalized spacial score (nSPS) is 15.3. The van der Waals surface area contributed by atoms with Crippen molar-refractivity contribution in [2.24, 2.45) is 5.92 Å². The van der Waals surface area contributed by atoms with Gasteiger partial charge in [-0.2, -0.15) is 0 Å². The minimum Gasteiger partial charge on any atom is -0.308 e. The number of amides is 1. The molecule has 1 aliphatic rings. The second-order valence-electron chi connectivity index (χ2n) is 6.03. The third kappa shape index (κ3) is 3.13. The molecule has 0 aliphatic heterocycles. The van der Waals surface area contributed by atoms with Gasteiger partial charge in [0.1, 0.15) is 5.82 Å². The van der Waals surface area contributed by atoms with Gasteiger partial charge in [0, 0.05) is 19.0 Å². The summed E-state index contributed by atoms with van der Waals surface area (Å²) in [6.45, 7) is 1.40. The Balaban J connectivity index is 1.89. The number of carbonyl (C=O) groups excluding carboxylic acids is 1. The fraction of sp³-hybridized carbons (Fsp3) is 0.500. The zero-order valence-electron chi connectivity index (χ0n) is 12.9. The molecule has 1 saturated carbocycles. The molecule has 1 fully saturated rings. The maximum absolute atomic E-state index is 13.3. The molecule has 0 bridgehead atoms. The van der Waals surface area contributed by atoms with Crippen LogP contribution in [0.15, 0.2) is 18.2 Å². The van der Waals surface area contributed by atoms with E-state index in [4.69, 9.17) is 0 Å². The van der Waals surface area contributed by atoms with Gasteiger partial charge in [-0.15, -0.1) is 0 Å². The van der Waals surface area contributed by atoms with Crippen LogP contribution >= 0.6 is 11.3 Å². The molecule has 1 aliphatic carbocycles. The molecule has 1 heterocycles. The van der Waals surface area contributed by atoms with Crippen molar-refractivity contribution in [1.82, 2.24) is 9.88 Å². The molecule has 1 aromatic carbocycles. The molecule has 0 radical (unpaired) electrons. The number of rotatable bonds is 5. The number of anilines is 1. The Hall–Kier alpha value is -1.53. The smallest absolute Gasteiger partial charge is 0.231 e. The molecule has 2 aromatic rings. The molecule has 4 nitrogen and oxygen atoms in total. The number of nitrogens with zero attached hydrogens (tertiary/aromatic N) is 3. The molecule has 6 heteroatoms. The molecule has 0 saturated heterocycles. The van der Waals surface area contributed by atoms with Gasteiger partial charge in [0.25, 0.3) is 0 Å². The van der Waals surface area contributed by atoms with E-state index in [0.717, 1.165) is 36.0 Å². The van der Waals surface area contributed by atoms with Gasteiger partial charge in [-0.25, -0.2) is 9.37 Å². The fourth-order valence-electron chi connectivity index (χ4n) is 2.48. The minimum atomic E-state index is -0.270. The number of aromatic nitrogens is 1. The Kier molecular flexibility index (Phi) is 4.40. The Morgan fingerprint density at radius 2 is 2.14 bits per heavy atom. The standard InChI is InChI=1S/C16H20FN3OS/c1-19(2)8-9-20(15(21)11-4-3-5-11)16-18-13-7-6-12(17)10-14(13)22-16/h6-7,10-11H,3-5,8-9H2,1-2H3. The minimum absolute atomic E-state index is 0.130. The first-order valence-electron chi connectivity index (χ1n) is 7.57. The second-order valence-corrected chi connectivity index (χ2v) is 7.04. The third-order valence-electron chi connectivity index (χ3n) is 4.06. The van der Waals surface area contributed by atoms with Crippen LogP contribution in [0.25, 0.3) is 10.2 Å². The van der Waals surface area contributed by atoms with Gasteiger partial charge in [-0.3, -0.25) is 9.69 Å². The Labute approximate surface area is 133 Å². The van der Waals surface area contributed by atoms with E-state index in [0.29, 0.717) is 11.7 Å². The van der Waals surface area contributed by atoms with E-state index in [1.165, 1.54) is 23.5 Å². The van der Waals surface area contributed by atoms with Crippen LogP contribution in [0, 0.1) is 11.7 Å². The summed E-state index contributed by atoms with van der Waals surface area (Å²) in [5.74, 6) is 0.0198. The molecule has 1 aromatic heterocycles. The maximum atomic E-state index is 13.3. The number of hydrogen-bond donors (Lipinski definition) is 0. The van der Waals surface area contributed by atoms with E-state index >= 15 is 0 Å². The van der Waals surface area contributed by atoms with Gasteiger partial charge in [-0.05, 0) is 45.1 Å². The first-order chi connectivity index (χ1) is 10.5. The third-order valence-corrected chi connectivity index (χ3v) is 5.10. The van der Waals surface area contributed by atoms with Gasteiger partial charge in [0.2, 0.25) is 5.91 Å². The highest BCUT2D eigenvalue weighted by molar-refractivity contribution is 7.22. The number of likely N-dealkylation sites (N-methyl/N-ethyl adjacent to an activating group) is 1. The van der Waals surface area contributed by atoms with Gasteiger partial charge in [0.05, 0.1) is 10.2 Å². The Bertz CT molecular complexity index is 681. The van der Waals surface area contributed by atoms with Gasteiger partial charge in [-0.1, -0.05) is 17.8 Å². The lowest BCUT2D eigenvalue weighted by atomic mass is 9.84. The van der Waals surface area contributed by atoms with Crippen molar-refractivity contribution in [3.63, 3.8) is 0 Å². The van der Waals surface area contributed by atoms with Crippen LogP contribution in [0.2, 0.25) is 0 Å². The maximum Gasteiger partial charge on any atom is 0.231 e. The van der Waals surface area contributed by atoms with E-state index in [2.05, 4.69) is 4.98 Å². The largest absolute Gasteiger partial charge is 0.308 e.